The van der Waals surface area contributed by atoms with Gasteiger partial charge < -0.3 is 5.11 Å². The van der Waals surface area contributed by atoms with Crippen LogP contribution in [0.5, 0.6) is 0 Å². The van der Waals surface area contributed by atoms with Gasteiger partial charge in [0, 0.05) is 20.0 Å². The molecule has 0 aliphatic carbocycles. The number of nitrogens with zero attached hydrogens (tertiary/aromatic N) is 3. The summed E-state index contributed by atoms with van der Waals surface area (Å²) in [6, 6.07) is 0. The quantitative estimate of drug-likeness (QED) is 0.692. The van der Waals surface area contributed by atoms with Gasteiger partial charge in [-0.1, -0.05) is 19.1 Å². The summed E-state index contributed by atoms with van der Waals surface area (Å²) >= 11 is 3.03. The van der Waals surface area contributed by atoms with E-state index in [1.807, 2.05) is 13.8 Å². The number of hydrogen-bond donors (Lipinski definition) is 2. The van der Waals surface area contributed by atoms with Crippen LogP contribution in [-0.4, -0.2) is 41.0 Å². The number of aryl methyl sites for hydroxylation is 1. The average molecular weight is 383 g/mol. The first-order valence-corrected chi connectivity index (χ1v) is 8.67. The van der Waals surface area contributed by atoms with Crippen molar-refractivity contribution in [3.8, 4) is 0 Å². The minimum absolute atomic E-state index is 0.0600. The molecule has 0 saturated heterocycles. The zero-order valence-electron chi connectivity index (χ0n) is 12.1. The maximum atomic E-state index is 12.2. The zero-order valence-corrected chi connectivity index (χ0v) is 14.5. The number of carboxylic acid groups (broad SMARTS) is 1. The molecule has 2 N–H and O–H groups in total. The largest absolute Gasteiger partial charge is 0.481 e. The van der Waals surface area contributed by atoms with Crippen LogP contribution in [0.15, 0.2) is 9.63 Å². The highest BCUT2D eigenvalue weighted by molar-refractivity contribution is 9.10. The Kier molecular flexibility index (Phi) is 6.29. The predicted octanol–water partition coefficient (Wildman–Crippen LogP) is 0.993. The second-order valence-electron chi connectivity index (χ2n) is 5.25. The second kappa shape index (κ2) is 7.32. The summed E-state index contributed by atoms with van der Waals surface area (Å²) in [5.74, 6) is -0.926. The van der Waals surface area contributed by atoms with E-state index < -0.39 is 16.0 Å². The first-order valence-electron chi connectivity index (χ1n) is 6.40. The number of nitrogens with one attached hydrogen (secondary N) is 1. The molecule has 0 saturated carbocycles. The fourth-order valence-electron chi connectivity index (χ4n) is 2.06. The number of carboxylic acids is 1. The molecule has 1 atom stereocenters. The van der Waals surface area contributed by atoms with Gasteiger partial charge in [-0.3, -0.25) is 4.79 Å². The summed E-state index contributed by atoms with van der Waals surface area (Å²) in [4.78, 5) is 10.8. The lowest BCUT2D eigenvalue weighted by Crippen LogP contribution is -2.32. The number of aromatic nitrogens is 3. The Hall–Kier alpha value is -1.00. The molecular weight excluding hydrogens is 364 g/mol. The van der Waals surface area contributed by atoms with Gasteiger partial charge in [0.05, 0.1) is 0 Å². The molecule has 8 nitrogen and oxygen atoms in total. The number of halogens is 1. The zero-order chi connectivity index (χ0) is 16.2. The third-order valence-corrected chi connectivity index (χ3v) is 5.13. The van der Waals surface area contributed by atoms with Gasteiger partial charge in [0.15, 0.2) is 4.60 Å². The lowest BCUT2D eigenvalue weighted by Gasteiger charge is -2.17. The number of rotatable bonds is 8. The van der Waals surface area contributed by atoms with Gasteiger partial charge >= 0.3 is 5.97 Å². The van der Waals surface area contributed by atoms with Crippen molar-refractivity contribution in [1.29, 1.82) is 0 Å². The van der Waals surface area contributed by atoms with Crippen molar-refractivity contribution >= 4 is 31.9 Å². The molecule has 0 radical (unpaired) electrons. The first-order chi connectivity index (χ1) is 9.63. The van der Waals surface area contributed by atoms with Crippen LogP contribution in [0.25, 0.3) is 0 Å². The van der Waals surface area contributed by atoms with Gasteiger partial charge in [-0.2, -0.15) is 0 Å². The smallest absolute Gasteiger partial charge is 0.303 e. The normalized spacial score (nSPS) is 13.6. The number of aliphatic carboxylic acids is 1. The number of sulfonamides is 1. The summed E-state index contributed by atoms with van der Waals surface area (Å²) in [6.07, 6.45) is 0.547. The van der Waals surface area contributed by atoms with E-state index in [4.69, 9.17) is 5.11 Å². The van der Waals surface area contributed by atoms with E-state index in [0.29, 0.717) is 6.42 Å². The van der Waals surface area contributed by atoms with Crippen molar-refractivity contribution in [2.45, 2.75) is 31.7 Å². The second-order valence-corrected chi connectivity index (χ2v) is 7.69. The fraction of sp³-hybridized carbons (Fsp3) is 0.727. The van der Waals surface area contributed by atoms with Crippen molar-refractivity contribution in [1.82, 2.24) is 19.7 Å². The van der Waals surface area contributed by atoms with E-state index in [2.05, 4.69) is 31.0 Å². The monoisotopic (exact) mass is 382 g/mol. The highest BCUT2D eigenvalue weighted by atomic mass is 79.9. The molecular formula is C11H19BrN4O4S. The molecule has 0 fully saturated rings. The third-order valence-electron chi connectivity index (χ3n) is 2.82. The molecule has 0 bridgehead atoms. The van der Waals surface area contributed by atoms with Crippen LogP contribution < -0.4 is 4.72 Å². The van der Waals surface area contributed by atoms with E-state index in [-0.39, 0.29) is 34.4 Å². The van der Waals surface area contributed by atoms with Crippen LogP contribution >= 0.6 is 15.9 Å². The highest BCUT2D eigenvalue weighted by Crippen LogP contribution is 2.19. The third kappa shape index (κ3) is 5.36. The molecule has 1 aromatic rings. The van der Waals surface area contributed by atoms with Gasteiger partial charge in [-0.25, -0.2) is 17.8 Å². The molecule has 0 aromatic carbocycles. The average Bonchev–Trinajstić information content (AvgIpc) is 2.65. The molecule has 10 heteroatoms. The van der Waals surface area contributed by atoms with Crippen molar-refractivity contribution in [3.63, 3.8) is 0 Å². The van der Waals surface area contributed by atoms with Gasteiger partial charge in [0.2, 0.25) is 5.03 Å². The minimum Gasteiger partial charge on any atom is -0.481 e. The Morgan fingerprint density at radius 1 is 1.48 bits per heavy atom. The minimum atomic E-state index is -3.80. The molecule has 120 valence electrons. The predicted molar refractivity (Wildman–Crippen MR) is 79.1 cm³/mol. The standard InChI is InChI=1S/C11H19BrN4O4S/c1-7(2)4-8(5-9(17)18)6-13-21(19,20)11-10(12)14-15-16(11)3/h7-8,13H,4-6H2,1-3H3,(H,17,18). The molecule has 1 aromatic heterocycles. The maximum Gasteiger partial charge on any atom is 0.303 e. The SMILES string of the molecule is CC(C)CC(CNS(=O)(=O)c1c(Br)nnn1C)CC(=O)O. The summed E-state index contributed by atoms with van der Waals surface area (Å²) in [5.41, 5.74) is 0. The summed E-state index contributed by atoms with van der Waals surface area (Å²) in [6.45, 7) is 3.99. The number of hydrogen-bond acceptors (Lipinski definition) is 5. The Balaban J connectivity index is 2.81. The summed E-state index contributed by atoms with van der Waals surface area (Å²) in [5, 5.41) is 16.0. The van der Waals surface area contributed by atoms with Gasteiger partial charge in [-0.15, -0.1) is 5.10 Å². The molecule has 21 heavy (non-hydrogen) atoms. The highest BCUT2D eigenvalue weighted by Gasteiger charge is 2.25. The molecule has 1 unspecified atom stereocenters. The van der Waals surface area contributed by atoms with Crippen molar-refractivity contribution in [3.05, 3.63) is 4.60 Å². The summed E-state index contributed by atoms with van der Waals surface area (Å²) in [7, 11) is -2.33. The maximum absolute atomic E-state index is 12.2. The number of carbonyl (C=O) groups is 1. The van der Waals surface area contributed by atoms with Crippen LogP contribution in [0, 0.1) is 11.8 Å². The first kappa shape index (κ1) is 18.1. The van der Waals surface area contributed by atoms with Crippen molar-refractivity contribution in [2.24, 2.45) is 18.9 Å². The van der Waals surface area contributed by atoms with Gasteiger partial charge in [0.25, 0.3) is 10.0 Å². The van der Waals surface area contributed by atoms with E-state index >= 15 is 0 Å². The lowest BCUT2D eigenvalue weighted by molar-refractivity contribution is -0.138. The van der Waals surface area contributed by atoms with Crippen LogP contribution in [0.4, 0.5) is 0 Å². The lowest BCUT2D eigenvalue weighted by atomic mass is 9.94. The van der Waals surface area contributed by atoms with Crippen LogP contribution in [0.2, 0.25) is 0 Å². The van der Waals surface area contributed by atoms with E-state index in [0.717, 1.165) is 4.68 Å². The van der Waals surface area contributed by atoms with Crippen LogP contribution in [-0.2, 0) is 21.9 Å². The van der Waals surface area contributed by atoms with Crippen molar-refractivity contribution in [2.75, 3.05) is 6.54 Å². The van der Waals surface area contributed by atoms with Gasteiger partial charge in [-0.05, 0) is 34.2 Å². The molecule has 1 heterocycles. The Morgan fingerprint density at radius 2 is 2.10 bits per heavy atom. The molecule has 1 rings (SSSR count). The van der Waals surface area contributed by atoms with Crippen LogP contribution in [0.3, 0.4) is 0 Å². The summed E-state index contributed by atoms with van der Waals surface area (Å²) < 4.78 is 28.1. The fourth-order valence-corrected chi connectivity index (χ4v) is 4.26. The molecule has 0 aliphatic rings. The van der Waals surface area contributed by atoms with Gasteiger partial charge in [0.1, 0.15) is 0 Å². The Labute approximate surface area is 132 Å². The molecule has 0 spiro atoms. The van der Waals surface area contributed by atoms with Crippen molar-refractivity contribution < 1.29 is 18.3 Å². The topological polar surface area (TPSA) is 114 Å². The Morgan fingerprint density at radius 3 is 2.52 bits per heavy atom. The molecule has 0 amide bonds. The van der Waals surface area contributed by atoms with Crippen LogP contribution in [0.1, 0.15) is 26.7 Å². The molecule has 0 aliphatic heterocycles. The van der Waals surface area contributed by atoms with E-state index in [9.17, 15) is 13.2 Å². The van der Waals surface area contributed by atoms with E-state index in [1.54, 1.807) is 0 Å². The Bertz CT molecular complexity index is 580. The van der Waals surface area contributed by atoms with E-state index in [1.165, 1.54) is 7.05 Å².